The van der Waals surface area contributed by atoms with Crippen molar-refractivity contribution in [3.8, 4) is 0 Å². The van der Waals surface area contributed by atoms with Crippen LogP contribution in [0.2, 0.25) is 0 Å². The molecule has 0 heterocycles. The van der Waals surface area contributed by atoms with Gasteiger partial charge in [0.15, 0.2) is 0 Å². The Bertz CT molecular complexity index is 139. The second-order valence-corrected chi connectivity index (χ2v) is 4.44. The van der Waals surface area contributed by atoms with Crippen molar-refractivity contribution in [3.63, 3.8) is 0 Å². The van der Waals surface area contributed by atoms with E-state index in [4.69, 9.17) is 22.9 Å². The summed E-state index contributed by atoms with van der Waals surface area (Å²) in [5.74, 6) is 0. The lowest BCUT2D eigenvalue weighted by atomic mass is 10.1. The predicted molar refractivity (Wildman–Crippen MR) is 73.7 cm³/mol. The van der Waals surface area contributed by atoms with Crippen LogP contribution in [0, 0.1) is 0 Å². The van der Waals surface area contributed by atoms with E-state index in [1.54, 1.807) is 0 Å². The summed E-state index contributed by atoms with van der Waals surface area (Å²) >= 11 is 0. The Morgan fingerprint density at radius 1 is 0.765 bits per heavy atom. The van der Waals surface area contributed by atoms with Crippen LogP contribution in [0.1, 0.15) is 19.3 Å². The first kappa shape index (κ1) is 16.8. The van der Waals surface area contributed by atoms with E-state index in [9.17, 15) is 0 Å². The van der Waals surface area contributed by atoms with Gasteiger partial charge in [-0.1, -0.05) is 6.42 Å². The van der Waals surface area contributed by atoms with E-state index in [0.29, 0.717) is 13.1 Å². The lowest BCUT2D eigenvalue weighted by Crippen LogP contribution is -2.38. The standard InChI is InChI=1S/C11H30N6/c12-4-6-16-8-10(14)2-1-3-11(15)9-17-7-5-13/h10-11,16-17H,1-9,12-15H2. The molecule has 0 rings (SSSR count). The molecule has 0 saturated heterocycles. The summed E-state index contributed by atoms with van der Waals surface area (Å²) in [5.41, 5.74) is 22.6. The number of rotatable bonds is 12. The molecule has 0 aromatic carbocycles. The highest BCUT2D eigenvalue weighted by atomic mass is 14.9. The van der Waals surface area contributed by atoms with Gasteiger partial charge in [0.25, 0.3) is 0 Å². The monoisotopic (exact) mass is 246 g/mol. The van der Waals surface area contributed by atoms with Crippen molar-refractivity contribution < 1.29 is 0 Å². The van der Waals surface area contributed by atoms with E-state index >= 15 is 0 Å². The molecule has 0 radical (unpaired) electrons. The molecule has 10 N–H and O–H groups in total. The molecular formula is C11H30N6. The molecule has 0 saturated carbocycles. The van der Waals surface area contributed by atoms with Crippen LogP contribution in [0.3, 0.4) is 0 Å². The second kappa shape index (κ2) is 12.2. The maximum atomic E-state index is 5.95. The highest BCUT2D eigenvalue weighted by Crippen LogP contribution is 2.00. The largest absolute Gasteiger partial charge is 0.329 e. The number of nitrogens with two attached hydrogens (primary N) is 4. The molecule has 0 spiro atoms. The lowest BCUT2D eigenvalue weighted by molar-refractivity contribution is 0.479. The van der Waals surface area contributed by atoms with Gasteiger partial charge in [-0.25, -0.2) is 0 Å². The van der Waals surface area contributed by atoms with Crippen molar-refractivity contribution in [1.82, 2.24) is 10.6 Å². The van der Waals surface area contributed by atoms with Gasteiger partial charge in [0.05, 0.1) is 0 Å². The first-order valence-electron chi connectivity index (χ1n) is 6.53. The minimum absolute atomic E-state index is 0.200. The molecule has 0 amide bonds. The predicted octanol–water partition coefficient (Wildman–Crippen LogP) is -2.09. The zero-order valence-electron chi connectivity index (χ0n) is 10.8. The van der Waals surface area contributed by atoms with Crippen LogP contribution in [0.15, 0.2) is 0 Å². The molecule has 0 aromatic rings. The molecule has 0 fully saturated rings. The van der Waals surface area contributed by atoms with Crippen LogP contribution < -0.4 is 33.6 Å². The van der Waals surface area contributed by atoms with E-state index in [-0.39, 0.29) is 12.1 Å². The molecule has 0 bridgehead atoms. The summed E-state index contributed by atoms with van der Waals surface area (Å²) in [7, 11) is 0. The van der Waals surface area contributed by atoms with Crippen LogP contribution in [0.4, 0.5) is 0 Å². The molecule has 2 unspecified atom stereocenters. The van der Waals surface area contributed by atoms with Gasteiger partial charge in [0, 0.05) is 51.4 Å². The van der Waals surface area contributed by atoms with E-state index in [2.05, 4.69) is 10.6 Å². The van der Waals surface area contributed by atoms with Crippen LogP contribution in [-0.2, 0) is 0 Å². The molecular weight excluding hydrogens is 216 g/mol. The van der Waals surface area contributed by atoms with Gasteiger partial charge < -0.3 is 33.6 Å². The zero-order chi connectivity index (χ0) is 12.9. The maximum Gasteiger partial charge on any atom is 0.0165 e. The third kappa shape index (κ3) is 12.0. The van der Waals surface area contributed by atoms with Gasteiger partial charge >= 0.3 is 0 Å². The van der Waals surface area contributed by atoms with Gasteiger partial charge in [-0.05, 0) is 12.8 Å². The van der Waals surface area contributed by atoms with Gasteiger partial charge in [0.2, 0.25) is 0 Å². The molecule has 6 heteroatoms. The van der Waals surface area contributed by atoms with Gasteiger partial charge in [0.1, 0.15) is 0 Å². The Morgan fingerprint density at radius 3 is 1.53 bits per heavy atom. The smallest absolute Gasteiger partial charge is 0.0165 e. The topological polar surface area (TPSA) is 128 Å². The van der Waals surface area contributed by atoms with Crippen molar-refractivity contribution >= 4 is 0 Å². The normalized spacial score (nSPS) is 14.8. The van der Waals surface area contributed by atoms with Gasteiger partial charge in [-0.2, -0.15) is 0 Å². The first-order valence-corrected chi connectivity index (χ1v) is 6.53. The lowest BCUT2D eigenvalue weighted by Gasteiger charge is -2.15. The Balaban J connectivity index is 3.29. The van der Waals surface area contributed by atoms with Crippen molar-refractivity contribution in [2.45, 2.75) is 31.3 Å². The van der Waals surface area contributed by atoms with Gasteiger partial charge in [-0.3, -0.25) is 0 Å². The molecule has 104 valence electrons. The van der Waals surface area contributed by atoms with Crippen LogP contribution in [0.5, 0.6) is 0 Å². The van der Waals surface area contributed by atoms with E-state index in [1.807, 2.05) is 0 Å². The van der Waals surface area contributed by atoms with Crippen LogP contribution in [-0.4, -0.2) is 51.4 Å². The number of hydrogen-bond acceptors (Lipinski definition) is 6. The maximum absolute atomic E-state index is 5.95. The summed E-state index contributed by atoms with van der Waals surface area (Å²) in [6, 6.07) is 0.400. The van der Waals surface area contributed by atoms with Crippen LogP contribution >= 0.6 is 0 Å². The van der Waals surface area contributed by atoms with Crippen molar-refractivity contribution in [2.24, 2.45) is 22.9 Å². The van der Waals surface area contributed by atoms with Crippen molar-refractivity contribution in [2.75, 3.05) is 39.3 Å². The Morgan fingerprint density at radius 2 is 1.18 bits per heavy atom. The average molecular weight is 246 g/mol. The summed E-state index contributed by atoms with van der Waals surface area (Å²) in [6.07, 6.45) is 3.07. The van der Waals surface area contributed by atoms with Crippen LogP contribution in [0.25, 0.3) is 0 Å². The fourth-order valence-corrected chi connectivity index (χ4v) is 1.63. The summed E-state index contributed by atoms with van der Waals surface area (Å²) in [6.45, 7) is 4.64. The first-order chi connectivity index (χ1) is 8.20. The van der Waals surface area contributed by atoms with E-state index in [1.165, 1.54) is 0 Å². The molecule has 2 atom stereocenters. The summed E-state index contributed by atoms with van der Waals surface area (Å²) in [5, 5.41) is 6.41. The SMILES string of the molecule is NCCNCC(N)CCCC(N)CNCCN. The van der Waals surface area contributed by atoms with E-state index < -0.39 is 0 Å². The third-order valence-corrected chi connectivity index (χ3v) is 2.61. The molecule has 17 heavy (non-hydrogen) atoms. The molecule has 6 nitrogen and oxygen atoms in total. The minimum atomic E-state index is 0.200. The summed E-state index contributed by atoms with van der Waals surface area (Å²) in [4.78, 5) is 0. The highest BCUT2D eigenvalue weighted by Gasteiger charge is 2.05. The van der Waals surface area contributed by atoms with Crippen molar-refractivity contribution in [3.05, 3.63) is 0 Å². The highest BCUT2D eigenvalue weighted by molar-refractivity contribution is 4.69. The third-order valence-electron chi connectivity index (χ3n) is 2.61. The Hall–Kier alpha value is -0.240. The molecule has 0 aliphatic heterocycles. The summed E-state index contributed by atoms with van der Waals surface area (Å²) < 4.78 is 0. The van der Waals surface area contributed by atoms with Gasteiger partial charge in [-0.15, -0.1) is 0 Å². The molecule has 0 aliphatic rings. The number of nitrogens with one attached hydrogen (secondary N) is 2. The fourth-order valence-electron chi connectivity index (χ4n) is 1.63. The minimum Gasteiger partial charge on any atom is -0.329 e. The quantitative estimate of drug-likeness (QED) is 0.219. The molecule has 0 aromatic heterocycles. The Labute approximate surface area is 105 Å². The Kier molecular flexibility index (Phi) is 12.1. The molecule has 0 aliphatic carbocycles. The zero-order valence-corrected chi connectivity index (χ0v) is 10.8. The second-order valence-electron chi connectivity index (χ2n) is 4.44. The van der Waals surface area contributed by atoms with E-state index in [0.717, 1.165) is 45.4 Å². The number of hydrogen-bond donors (Lipinski definition) is 6. The average Bonchev–Trinajstić information content (AvgIpc) is 2.30. The fraction of sp³-hybridized carbons (Fsp3) is 1.00. The van der Waals surface area contributed by atoms with Crippen molar-refractivity contribution in [1.29, 1.82) is 0 Å².